The van der Waals surface area contributed by atoms with Gasteiger partial charge in [0.2, 0.25) is 0 Å². The molecule has 0 saturated carbocycles. The summed E-state index contributed by atoms with van der Waals surface area (Å²) in [5, 5.41) is 3.39. The highest BCUT2D eigenvalue weighted by Gasteiger charge is 2.24. The number of rotatable bonds is 5. The van der Waals surface area contributed by atoms with Gasteiger partial charge >= 0.3 is 0 Å². The predicted molar refractivity (Wildman–Crippen MR) is 76.1 cm³/mol. The van der Waals surface area contributed by atoms with E-state index in [1.165, 1.54) is 12.8 Å². The van der Waals surface area contributed by atoms with Gasteiger partial charge in [0.25, 0.3) is 0 Å². The maximum atomic E-state index is 13.8. The van der Waals surface area contributed by atoms with Crippen molar-refractivity contribution in [2.24, 2.45) is 0 Å². The third-order valence-electron chi connectivity index (χ3n) is 3.52. The Morgan fingerprint density at radius 2 is 2.33 bits per heavy atom. The smallest absolute Gasteiger partial charge is 0.128 e. The summed E-state index contributed by atoms with van der Waals surface area (Å²) in [7, 11) is 0. The molecule has 1 aliphatic heterocycles. The van der Waals surface area contributed by atoms with E-state index in [0.29, 0.717) is 6.04 Å². The van der Waals surface area contributed by atoms with Crippen molar-refractivity contribution in [3.05, 3.63) is 34.1 Å². The number of benzene rings is 1. The molecule has 0 spiro atoms. The van der Waals surface area contributed by atoms with Gasteiger partial charge in [0.1, 0.15) is 5.82 Å². The Bertz CT molecular complexity index is 397. The molecule has 2 nitrogen and oxygen atoms in total. The van der Waals surface area contributed by atoms with Gasteiger partial charge in [-0.25, -0.2) is 4.39 Å². The summed E-state index contributed by atoms with van der Waals surface area (Å²) >= 11 is 3.29. The van der Waals surface area contributed by atoms with Gasteiger partial charge in [-0.05, 0) is 38.1 Å². The molecular weight excluding hydrogens is 295 g/mol. The van der Waals surface area contributed by atoms with Crippen LogP contribution >= 0.6 is 15.9 Å². The molecule has 1 aromatic rings. The molecule has 1 fully saturated rings. The molecule has 1 atom stereocenters. The highest BCUT2D eigenvalue weighted by molar-refractivity contribution is 9.10. The molecule has 18 heavy (non-hydrogen) atoms. The van der Waals surface area contributed by atoms with Crippen LogP contribution in [0, 0.1) is 5.82 Å². The fourth-order valence-electron chi connectivity index (χ4n) is 2.51. The molecule has 0 amide bonds. The molecule has 0 bridgehead atoms. The number of hydrogen-bond donors (Lipinski definition) is 1. The molecule has 2 rings (SSSR count). The van der Waals surface area contributed by atoms with E-state index in [0.717, 1.165) is 36.2 Å². The van der Waals surface area contributed by atoms with Crippen LogP contribution in [0.25, 0.3) is 0 Å². The van der Waals surface area contributed by atoms with Crippen LogP contribution in [0.15, 0.2) is 22.7 Å². The van der Waals surface area contributed by atoms with Crippen molar-refractivity contribution in [1.82, 2.24) is 10.2 Å². The van der Waals surface area contributed by atoms with Crippen molar-refractivity contribution >= 4 is 15.9 Å². The van der Waals surface area contributed by atoms with Crippen LogP contribution in [0.3, 0.4) is 0 Å². The van der Waals surface area contributed by atoms with Gasteiger partial charge in [-0.2, -0.15) is 0 Å². The molecule has 1 heterocycles. The minimum atomic E-state index is -0.113. The first-order chi connectivity index (χ1) is 8.70. The lowest BCUT2D eigenvalue weighted by Crippen LogP contribution is -2.37. The highest BCUT2D eigenvalue weighted by Crippen LogP contribution is 2.22. The van der Waals surface area contributed by atoms with Crippen molar-refractivity contribution in [3.8, 4) is 0 Å². The molecule has 1 N–H and O–H groups in total. The van der Waals surface area contributed by atoms with Crippen LogP contribution in [0.1, 0.15) is 25.3 Å². The van der Waals surface area contributed by atoms with Crippen molar-refractivity contribution in [1.29, 1.82) is 0 Å². The number of likely N-dealkylation sites (tertiary alicyclic amines) is 1. The van der Waals surface area contributed by atoms with E-state index in [1.54, 1.807) is 6.07 Å². The normalized spacial score (nSPS) is 20.5. The number of nitrogens with zero attached hydrogens (tertiary/aromatic N) is 1. The second kappa shape index (κ2) is 6.64. The number of halogens is 2. The van der Waals surface area contributed by atoms with Crippen LogP contribution < -0.4 is 5.32 Å². The lowest BCUT2D eigenvalue weighted by Gasteiger charge is -2.24. The Labute approximate surface area is 117 Å². The lowest BCUT2D eigenvalue weighted by molar-refractivity contribution is 0.237. The maximum absolute atomic E-state index is 13.8. The Morgan fingerprint density at radius 1 is 1.50 bits per heavy atom. The summed E-state index contributed by atoms with van der Waals surface area (Å²) < 4.78 is 14.6. The number of likely N-dealkylation sites (N-methyl/N-ethyl adjacent to an activating group) is 1. The van der Waals surface area contributed by atoms with Crippen molar-refractivity contribution in [2.75, 3.05) is 19.6 Å². The van der Waals surface area contributed by atoms with Crippen LogP contribution in [0.4, 0.5) is 4.39 Å². The van der Waals surface area contributed by atoms with Crippen molar-refractivity contribution in [3.63, 3.8) is 0 Å². The zero-order valence-electron chi connectivity index (χ0n) is 10.8. The van der Waals surface area contributed by atoms with Gasteiger partial charge in [-0.3, -0.25) is 4.90 Å². The first-order valence-electron chi connectivity index (χ1n) is 6.59. The van der Waals surface area contributed by atoms with Crippen molar-refractivity contribution < 1.29 is 4.39 Å². The van der Waals surface area contributed by atoms with Gasteiger partial charge in [0, 0.05) is 29.2 Å². The minimum Gasteiger partial charge on any atom is -0.315 e. The Balaban J connectivity index is 1.99. The Kier molecular flexibility index (Phi) is 5.15. The summed E-state index contributed by atoms with van der Waals surface area (Å²) in [4.78, 5) is 2.38. The Hall–Kier alpha value is -0.450. The lowest BCUT2D eigenvalue weighted by atomic mass is 10.1. The van der Waals surface area contributed by atoms with E-state index in [2.05, 4.69) is 33.1 Å². The zero-order chi connectivity index (χ0) is 13.0. The van der Waals surface area contributed by atoms with E-state index in [9.17, 15) is 4.39 Å². The van der Waals surface area contributed by atoms with Crippen LogP contribution in [-0.2, 0) is 6.54 Å². The summed E-state index contributed by atoms with van der Waals surface area (Å²) in [6.07, 6.45) is 2.43. The Morgan fingerprint density at radius 3 is 3.06 bits per heavy atom. The molecule has 100 valence electrons. The highest BCUT2D eigenvalue weighted by atomic mass is 79.9. The summed E-state index contributed by atoms with van der Waals surface area (Å²) in [6.45, 7) is 5.92. The predicted octanol–water partition coefficient (Wildman–Crippen LogP) is 3.16. The third-order valence-corrected chi connectivity index (χ3v) is 4.01. The molecule has 1 unspecified atom stereocenters. The molecule has 0 aliphatic carbocycles. The second-order valence-electron chi connectivity index (χ2n) is 4.81. The van der Waals surface area contributed by atoms with Gasteiger partial charge in [-0.1, -0.05) is 28.9 Å². The number of hydrogen-bond acceptors (Lipinski definition) is 2. The average molecular weight is 315 g/mol. The molecule has 0 aromatic heterocycles. The molecule has 1 saturated heterocycles. The topological polar surface area (TPSA) is 15.3 Å². The van der Waals surface area contributed by atoms with Crippen molar-refractivity contribution in [2.45, 2.75) is 32.4 Å². The second-order valence-corrected chi connectivity index (χ2v) is 5.73. The largest absolute Gasteiger partial charge is 0.315 e. The average Bonchev–Trinajstić information content (AvgIpc) is 2.77. The van der Waals surface area contributed by atoms with E-state index in [1.807, 2.05) is 12.1 Å². The van der Waals surface area contributed by atoms with E-state index in [4.69, 9.17) is 0 Å². The van der Waals surface area contributed by atoms with Gasteiger partial charge in [-0.15, -0.1) is 0 Å². The fourth-order valence-corrected chi connectivity index (χ4v) is 2.85. The monoisotopic (exact) mass is 314 g/mol. The molecular formula is C14H20BrFN2. The van der Waals surface area contributed by atoms with Crippen LogP contribution in [0.2, 0.25) is 0 Å². The summed E-state index contributed by atoms with van der Waals surface area (Å²) in [5.41, 5.74) is 0.793. The van der Waals surface area contributed by atoms with E-state index >= 15 is 0 Å². The maximum Gasteiger partial charge on any atom is 0.128 e. The standard InChI is InChI=1S/C14H20BrFN2/c1-2-17-9-13-4-3-7-18(13)10-11-5-6-12(15)8-14(11)16/h5-6,8,13,17H,2-4,7,9-10H2,1H3. The number of nitrogens with one attached hydrogen (secondary N) is 1. The summed E-state index contributed by atoms with van der Waals surface area (Å²) in [6, 6.07) is 5.88. The molecule has 0 radical (unpaired) electrons. The minimum absolute atomic E-state index is 0.113. The van der Waals surface area contributed by atoms with E-state index in [-0.39, 0.29) is 5.82 Å². The SMILES string of the molecule is CCNCC1CCCN1Cc1ccc(Br)cc1F. The quantitative estimate of drug-likeness (QED) is 0.898. The summed E-state index contributed by atoms with van der Waals surface area (Å²) in [5.74, 6) is -0.113. The van der Waals surface area contributed by atoms with Crippen LogP contribution in [-0.4, -0.2) is 30.6 Å². The first-order valence-corrected chi connectivity index (χ1v) is 7.38. The van der Waals surface area contributed by atoms with Gasteiger partial charge in [0.05, 0.1) is 0 Å². The third kappa shape index (κ3) is 3.53. The molecule has 4 heteroatoms. The van der Waals surface area contributed by atoms with Crippen LogP contribution in [0.5, 0.6) is 0 Å². The van der Waals surface area contributed by atoms with E-state index < -0.39 is 0 Å². The van der Waals surface area contributed by atoms with Gasteiger partial charge in [0.15, 0.2) is 0 Å². The fraction of sp³-hybridized carbons (Fsp3) is 0.571. The molecule has 1 aliphatic rings. The first kappa shape index (κ1) is 14.0. The zero-order valence-corrected chi connectivity index (χ0v) is 12.3. The van der Waals surface area contributed by atoms with Gasteiger partial charge < -0.3 is 5.32 Å². The molecule has 1 aromatic carbocycles.